The first-order valence-corrected chi connectivity index (χ1v) is 12.3. The summed E-state index contributed by atoms with van der Waals surface area (Å²) in [6.07, 6.45) is 1.85. The van der Waals surface area contributed by atoms with E-state index >= 15 is 0 Å². The first kappa shape index (κ1) is 22.3. The summed E-state index contributed by atoms with van der Waals surface area (Å²) in [5, 5.41) is 12.8. The summed E-state index contributed by atoms with van der Waals surface area (Å²) < 4.78 is 8.03. The highest BCUT2D eigenvalue weighted by Gasteiger charge is 2.14. The Hall–Kier alpha value is -2.90. The Morgan fingerprint density at radius 3 is 2.69 bits per heavy atom. The largest absolute Gasteiger partial charge is 0.486 e. The molecule has 4 rings (SSSR count). The van der Waals surface area contributed by atoms with Gasteiger partial charge in [-0.15, -0.1) is 28.1 Å². The van der Waals surface area contributed by atoms with E-state index in [0.29, 0.717) is 13.2 Å². The molecule has 0 saturated carbocycles. The highest BCUT2D eigenvalue weighted by Crippen LogP contribution is 2.29. The molecule has 0 radical (unpaired) electrons. The molecule has 32 heavy (non-hydrogen) atoms. The molecule has 7 heteroatoms. The van der Waals surface area contributed by atoms with Gasteiger partial charge in [-0.3, -0.25) is 4.57 Å². The maximum atomic E-state index is 5.98. The maximum Gasteiger partial charge on any atom is 0.191 e. The lowest BCUT2D eigenvalue weighted by Crippen LogP contribution is -2.07. The van der Waals surface area contributed by atoms with E-state index in [1.165, 1.54) is 22.3 Å². The molecule has 0 N–H and O–H groups in total. The van der Waals surface area contributed by atoms with E-state index in [9.17, 15) is 0 Å². The van der Waals surface area contributed by atoms with Crippen LogP contribution in [-0.4, -0.2) is 19.7 Å². The first-order chi connectivity index (χ1) is 15.5. The van der Waals surface area contributed by atoms with Crippen LogP contribution in [-0.2, 0) is 18.9 Å². The monoisotopic (exact) mass is 462 g/mol. The van der Waals surface area contributed by atoms with Crippen LogP contribution in [0.3, 0.4) is 0 Å². The van der Waals surface area contributed by atoms with E-state index in [4.69, 9.17) is 9.72 Å². The van der Waals surface area contributed by atoms with Gasteiger partial charge in [0.15, 0.2) is 11.0 Å². The normalized spacial score (nSPS) is 11.0. The Labute approximate surface area is 197 Å². The van der Waals surface area contributed by atoms with Gasteiger partial charge in [0.1, 0.15) is 17.4 Å². The Morgan fingerprint density at radius 1 is 1.06 bits per heavy atom. The van der Waals surface area contributed by atoms with Gasteiger partial charge in [-0.05, 0) is 49.6 Å². The minimum atomic E-state index is 0.359. The average Bonchev–Trinajstić information content (AvgIpc) is 3.41. The van der Waals surface area contributed by atoms with Crippen molar-refractivity contribution in [1.82, 2.24) is 19.7 Å². The molecule has 0 aliphatic rings. The van der Waals surface area contributed by atoms with E-state index in [-0.39, 0.29) is 0 Å². The van der Waals surface area contributed by atoms with Crippen LogP contribution in [0.1, 0.15) is 28.2 Å². The van der Waals surface area contributed by atoms with E-state index in [1.807, 2.05) is 22.8 Å². The van der Waals surface area contributed by atoms with Crippen molar-refractivity contribution in [1.29, 1.82) is 0 Å². The fourth-order valence-electron chi connectivity index (χ4n) is 3.24. The van der Waals surface area contributed by atoms with Crippen LogP contribution in [0.2, 0.25) is 0 Å². The van der Waals surface area contributed by atoms with Gasteiger partial charge in [-0.2, -0.15) is 0 Å². The minimum absolute atomic E-state index is 0.359. The van der Waals surface area contributed by atoms with Gasteiger partial charge in [-0.25, -0.2) is 4.98 Å². The number of ether oxygens (including phenoxy) is 1. The molecule has 5 nitrogen and oxygen atoms in total. The van der Waals surface area contributed by atoms with Crippen LogP contribution in [0.4, 0.5) is 0 Å². The topological polar surface area (TPSA) is 52.8 Å². The van der Waals surface area contributed by atoms with E-state index in [1.54, 1.807) is 23.1 Å². The molecule has 0 saturated heterocycles. The summed E-state index contributed by atoms with van der Waals surface area (Å²) >= 11 is 3.31. The molecule has 0 atom stereocenters. The number of hydrogen-bond acceptors (Lipinski definition) is 6. The van der Waals surface area contributed by atoms with Crippen LogP contribution in [0.15, 0.2) is 65.7 Å². The number of rotatable bonds is 9. The van der Waals surface area contributed by atoms with Gasteiger partial charge in [0, 0.05) is 23.2 Å². The predicted molar refractivity (Wildman–Crippen MR) is 132 cm³/mol. The fourth-order valence-corrected chi connectivity index (χ4v) is 5.12. The lowest BCUT2D eigenvalue weighted by molar-refractivity contribution is 0.289. The number of benzene rings is 2. The van der Waals surface area contributed by atoms with Crippen molar-refractivity contribution >= 4 is 23.1 Å². The fraction of sp³-hybridized carbons (Fsp3) is 0.240. The number of allylic oxidation sites excluding steroid dienone is 1. The Balaban J connectivity index is 1.44. The number of hydrogen-bond donors (Lipinski definition) is 0. The van der Waals surface area contributed by atoms with Crippen LogP contribution in [0, 0.1) is 20.8 Å². The second-order valence-electron chi connectivity index (χ2n) is 7.58. The third kappa shape index (κ3) is 5.11. The van der Waals surface area contributed by atoms with Crippen molar-refractivity contribution in [2.75, 3.05) is 0 Å². The Bertz CT molecular complexity index is 1230. The average molecular weight is 463 g/mol. The lowest BCUT2D eigenvalue weighted by atomic mass is 10.1. The first-order valence-electron chi connectivity index (χ1n) is 10.4. The molecule has 2 aromatic heterocycles. The number of nitrogens with zero attached hydrogens (tertiary/aromatic N) is 4. The molecule has 0 spiro atoms. The van der Waals surface area contributed by atoms with Crippen LogP contribution in [0.5, 0.6) is 5.75 Å². The highest BCUT2D eigenvalue weighted by atomic mass is 32.2. The SMILES string of the molecule is C=CCn1c(COc2ccc(C)c(C)c2)nnc1SCc1csc(-c2ccccc2C)n1. The van der Waals surface area contributed by atoms with Crippen molar-refractivity contribution < 1.29 is 4.74 Å². The van der Waals surface area contributed by atoms with Crippen molar-refractivity contribution in [3.05, 3.63) is 88.7 Å². The van der Waals surface area contributed by atoms with Crippen molar-refractivity contribution in [2.45, 2.75) is 44.8 Å². The zero-order valence-electron chi connectivity index (χ0n) is 18.5. The molecule has 0 aliphatic carbocycles. The van der Waals surface area contributed by atoms with E-state index in [2.05, 4.69) is 73.3 Å². The van der Waals surface area contributed by atoms with E-state index < -0.39 is 0 Å². The molecule has 0 unspecified atom stereocenters. The second kappa shape index (κ2) is 10.1. The molecule has 0 aliphatic heterocycles. The molecule has 2 aromatic carbocycles. The third-order valence-electron chi connectivity index (χ3n) is 5.23. The summed E-state index contributed by atoms with van der Waals surface area (Å²) in [7, 11) is 0. The highest BCUT2D eigenvalue weighted by molar-refractivity contribution is 7.98. The molecular weight excluding hydrogens is 436 g/mol. The molecule has 0 fully saturated rings. The molecular formula is C25H26N4OS2. The van der Waals surface area contributed by atoms with Gasteiger partial charge < -0.3 is 4.74 Å². The molecule has 4 aromatic rings. The number of aryl methyl sites for hydroxylation is 3. The van der Waals surface area contributed by atoms with Crippen molar-refractivity contribution in [3.8, 4) is 16.3 Å². The summed E-state index contributed by atoms with van der Waals surface area (Å²) in [4.78, 5) is 4.83. The molecule has 2 heterocycles. The number of thiazole rings is 1. The zero-order chi connectivity index (χ0) is 22.5. The van der Waals surface area contributed by atoms with Gasteiger partial charge in [0.25, 0.3) is 0 Å². The van der Waals surface area contributed by atoms with E-state index in [0.717, 1.165) is 33.2 Å². The maximum absolute atomic E-state index is 5.98. The summed E-state index contributed by atoms with van der Waals surface area (Å²) in [6.45, 7) is 11.2. The van der Waals surface area contributed by atoms with Gasteiger partial charge in [0.05, 0.1) is 5.69 Å². The number of thioether (sulfide) groups is 1. The smallest absolute Gasteiger partial charge is 0.191 e. The molecule has 0 bridgehead atoms. The van der Waals surface area contributed by atoms with Crippen LogP contribution in [0.25, 0.3) is 10.6 Å². The molecule has 0 amide bonds. The quantitative estimate of drug-likeness (QED) is 0.213. The van der Waals surface area contributed by atoms with Crippen molar-refractivity contribution in [2.24, 2.45) is 0 Å². The zero-order valence-corrected chi connectivity index (χ0v) is 20.2. The van der Waals surface area contributed by atoms with Gasteiger partial charge in [-0.1, -0.05) is 48.2 Å². The summed E-state index contributed by atoms with van der Waals surface area (Å²) in [5.41, 5.74) is 5.92. The lowest BCUT2D eigenvalue weighted by Gasteiger charge is -2.10. The van der Waals surface area contributed by atoms with Crippen LogP contribution >= 0.6 is 23.1 Å². The Kier molecular flexibility index (Phi) is 7.07. The second-order valence-corrected chi connectivity index (χ2v) is 9.38. The number of aromatic nitrogens is 4. The van der Waals surface area contributed by atoms with Crippen LogP contribution < -0.4 is 4.74 Å². The third-order valence-corrected chi connectivity index (χ3v) is 7.15. The minimum Gasteiger partial charge on any atom is -0.486 e. The standard InChI is InChI=1S/C25H26N4OS2/c1-5-12-29-23(14-30-21-11-10-17(2)19(4)13-21)27-28-25(29)32-16-20-15-31-24(26-20)22-9-7-6-8-18(22)3/h5-11,13,15H,1,12,14,16H2,2-4H3. The van der Waals surface area contributed by atoms with Gasteiger partial charge in [0.2, 0.25) is 0 Å². The summed E-state index contributed by atoms with van der Waals surface area (Å²) in [6, 6.07) is 14.4. The van der Waals surface area contributed by atoms with Crippen molar-refractivity contribution in [3.63, 3.8) is 0 Å². The summed E-state index contributed by atoms with van der Waals surface area (Å²) in [5.74, 6) is 2.35. The molecule has 164 valence electrons. The Morgan fingerprint density at radius 2 is 1.91 bits per heavy atom. The predicted octanol–water partition coefficient (Wildman–Crippen LogP) is 6.38. The van der Waals surface area contributed by atoms with Gasteiger partial charge >= 0.3 is 0 Å².